The van der Waals surface area contributed by atoms with Crippen LogP contribution in [0.5, 0.6) is 0 Å². The number of carbonyl (C=O) groups is 1. The molecule has 2 N–H and O–H groups in total. The minimum Gasteiger partial charge on any atom is -0.334 e. The van der Waals surface area contributed by atoms with E-state index < -0.39 is 4.92 Å². The number of benzene rings is 1. The summed E-state index contributed by atoms with van der Waals surface area (Å²) >= 11 is 0. The first-order valence-corrected chi connectivity index (χ1v) is 8.29. The second-order valence-corrected chi connectivity index (χ2v) is 6.45. The lowest BCUT2D eigenvalue weighted by Crippen LogP contribution is -2.49. The largest absolute Gasteiger partial charge is 0.334 e. The molecule has 1 aliphatic rings. The van der Waals surface area contributed by atoms with Crippen molar-refractivity contribution in [3.05, 3.63) is 52.6 Å². The van der Waals surface area contributed by atoms with E-state index in [1.54, 1.807) is 34.0 Å². The maximum absolute atomic E-state index is 12.9. The Morgan fingerprint density at radius 3 is 2.74 bits per heavy atom. The maximum Gasteiger partial charge on any atom is 0.294 e. The number of nitro benzene ring substituents is 1. The first-order chi connectivity index (χ1) is 12.0. The predicted octanol–water partition coefficient (Wildman–Crippen LogP) is 2.82. The molecular weight excluding hydrogens is 393 g/mol. The lowest BCUT2D eigenvalue weighted by molar-refractivity contribution is -0.384. The number of rotatable bonds is 4. The highest BCUT2D eigenvalue weighted by Crippen LogP contribution is 2.27. The number of likely N-dealkylation sites (tertiary alicyclic amines) is 1. The lowest BCUT2D eigenvalue weighted by atomic mass is 9.92. The molecule has 2 heterocycles. The molecule has 1 fully saturated rings. The first kappa shape index (κ1) is 22.9. The summed E-state index contributed by atoms with van der Waals surface area (Å²) in [7, 11) is 0. The number of halogens is 2. The van der Waals surface area contributed by atoms with E-state index in [1.807, 2.05) is 0 Å². The molecule has 0 aliphatic carbocycles. The average molecular weight is 416 g/mol. The van der Waals surface area contributed by atoms with Crippen LogP contribution in [0.15, 0.2) is 36.9 Å². The Morgan fingerprint density at radius 2 is 2.15 bits per heavy atom. The fraction of sp³-hybridized carbons (Fsp3) is 0.412. The monoisotopic (exact) mass is 415 g/mol. The van der Waals surface area contributed by atoms with Crippen molar-refractivity contribution >= 4 is 36.4 Å². The Bertz CT molecular complexity index is 785. The molecule has 0 saturated carbocycles. The summed E-state index contributed by atoms with van der Waals surface area (Å²) in [6, 6.07) is 4.51. The second-order valence-electron chi connectivity index (χ2n) is 6.45. The van der Waals surface area contributed by atoms with Crippen LogP contribution < -0.4 is 5.73 Å². The fourth-order valence-corrected chi connectivity index (χ4v) is 3.33. The number of aromatic nitrogens is 2. The third-order valence-electron chi connectivity index (χ3n) is 4.71. The molecule has 3 rings (SSSR count). The molecule has 2 unspecified atom stereocenters. The minimum absolute atomic E-state index is 0. The molecule has 0 radical (unpaired) electrons. The summed E-state index contributed by atoms with van der Waals surface area (Å²) < 4.78 is 1.55. The van der Waals surface area contributed by atoms with Gasteiger partial charge in [0.05, 0.1) is 11.3 Å². The highest BCUT2D eigenvalue weighted by molar-refractivity contribution is 5.95. The smallest absolute Gasteiger partial charge is 0.294 e. The Balaban J connectivity index is 0.00000182. The van der Waals surface area contributed by atoms with E-state index in [0.717, 1.165) is 12.8 Å². The predicted molar refractivity (Wildman–Crippen MR) is 107 cm³/mol. The Labute approximate surface area is 169 Å². The van der Waals surface area contributed by atoms with Gasteiger partial charge in [-0.1, -0.05) is 6.92 Å². The van der Waals surface area contributed by atoms with Crippen LogP contribution in [0, 0.1) is 16.0 Å². The van der Waals surface area contributed by atoms with Gasteiger partial charge in [0, 0.05) is 43.2 Å². The van der Waals surface area contributed by atoms with Crippen molar-refractivity contribution < 1.29 is 9.72 Å². The van der Waals surface area contributed by atoms with Gasteiger partial charge < -0.3 is 15.2 Å². The molecule has 10 heteroatoms. The number of amides is 1. The Hall–Kier alpha value is -2.16. The third-order valence-corrected chi connectivity index (χ3v) is 4.71. The molecule has 8 nitrogen and oxygen atoms in total. The van der Waals surface area contributed by atoms with Gasteiger partial charge in [-0.3, -0.25) is 14.9 Å². The molecular formula is C17H23Cl2N5O3. The zero-order valence-electron chi connectivity index (χ0n) is 14.9. The van der Waals surface area contributed by atoms with E-state index >= 15 is 0 Å². The quantitative estimate of drug-likeness (QED) is 0.609. The van der Waals surface area contributed by atoms with Gasteiger partial charge in [0.2, 0.25) is 0 Å². The van der Waals surface area contributed by atoms with Gasteiger partial charge in [0.15, 0.2) is 0 Å². The maximum atomic E-state index is 12.9. The zero-order valence-corrected chi connectivity index (χ0v) is 16.5. The van der Waals surface area contributed by atoms with Crippen LogP contribution in [-0.4, -0.2) is 44.4 Å². The summed E-state index contributed by atoms with van der Waals surface area (Å²) in [4.78, 5) is 29.5. The van der Waals surface area contributed by atoms with E-state index in [1.165, 1.54) is 12.4 Å². The van der Waals surface area contributed by atoms with Crippen LogP contribution in [-0.2, 0) is 0 Å². The van der Waals surface area contributed by atoms with Gasteiger partial charge in [0.25, 0.3) is 11.6 Å². The van der Waals surface area contributed by atoms with Crippen molar-refractivity contribution in [2.24, 2.45) is 11.7 Å². The highest BCUT2D eigenvalue weighted by Gasteiger charge is 2.30. The average Bonchev–Trinajstić information content (AvgIpc) is 3.15. The standard InChI is InChI=1S/C17H21N5O3.2ClH/c1-12-4-6-21(14(8-12)10-18)17(23)13-2-3-15(16(9-13)22(24)25)20-7-5-19-11-20;;/h2-3,5,7,9,11-12,14H,4,6,8,10,18H2,1H3;2*1H. The van der Waals surface area contributed by atoms with Crippen LogP contribution in [0.25, 0.3) is 5.69 Å². The van der Waals surface area contributed by atoms with Crippen LogP contribution in [0.1, 0.15) is 30.1 Å². The highest BCUT2D eigenvalue weighted by atomic mass is 35.5. The molecule has 1 aromatic heterocycles. The molecule has 148 valence electrons. The Morgan fingerprint density at radius 1 is 1.41 bits per heavy atom. The van der Waals surface area contributed by atoms with Crippen LogP contribution in [0.2, 0.25) is 0 Å². The van der Waals surface area contributed by atoms with E-state index in [-0.39, 0.29) is 42.5 Å². The minimum atomic E-state index is -0.481. The van der Waals surface area contributed by atoms with Crippen molar-refractivity contribution in [3.63, 3.8) is 0 Å². The van der Waals surface area contributed by atoms with Crippen LogP contribution in [0.3, 0.4) is 0 Å². The molecule has 0 bridgehead atoms. The molecule has 1 saturated heterocycles. The summed E-state index contributed by atoms with van der Waals surface area (Å²) in [5, 5.41) is 11.5. The number of piperidine rings is 1. The van der Waals surface area contributed by atoms with Crippen molar-refractivity contribution in [1.82, 2.24) is 14.5 Å². The summed E-state index contributed by atoms with van der Waals surface area (Å²) in [5.41, 5.74) is 6.38. The van der Waals surface area contributed by atoms with Gasteiger partial charge in [-0.05, 0) is 30.9 Å². The molecule has 2 atom stereocenters. The van der Waals surface area contributed by atoms with E-state index in [4.69, 9.17) is 5.73 Å². The SMILES string of the molecule is CC1CCN(C(=O)c2ccc(-n3ccnc3)c([N+](=O)[O-])c2)C(CN)C1.Cl.Cl. The van der Waals surface area contributed by atoms with Gasteiger partial charge >= 0.3 is 0 Å². The normalized spacial score (nSPS) is 19.0. The second kappa shape index (κ2) is 9.68. The zero-order chi connectivity index (χ0) is 18.0. The van der Waals surface area contributed by atoms with Crippen LogP contribution in [0.4, 0.5) is 5.69 Å². The Kier molecular flexibility index (Phi) is 8.20. The van der Waals surface area contributed by atoms with Gasteiger partial charge in [-0.15, -0.1) is 24.8 Å². The van der Waals surface area contributed by atoms with Gasteiger partial charge in [-0.25, -0.2) is 4.98 Å². The summed E-state index contributed by atoms with van der Waals surface area (Å²) in [5.74, 6) is 0.318. The number of nitrogens with zero attached hydrogens (tertiary/aromatic N) is 4. The van der Waals surface area contributed by atoms with Crippen molar-refractivity contribution in [3.8, 4) is 5.69 Å². The molecule has 27 heavy (non-hydrogen) atoms. The number of carbonyl (C=O) groups excluding carboxylic acids is 1. The number of nitrogens with two attached hydrogens (primary N) is 1. The van der Waals surface area contributed by atoms with E-state index in [0.29, 0.717) is 30.3 Å². The molecule has 1 aromatic carbocycles. The third kappa shape index (κ3) is 4.77. The van der Waals surface area contributed by atoms with Crippen molar-refractivity contribution in [1.29, 1.82) is 0 Å². The number of imidazole rings is 1. The van der Waals surface area contributed by atoms with Crippen LogP contribution >= 0.6 is 24.8 Å². The lowest BCUT2D eigenvalue weighted by Gasteiger charge is -2.38. The summed E-state index contributed by atoms with van der Waals surface area (Å²) in [6.07, 6.45) is 6.43. The summed E-state index contributed by atoms with van der Waals surface area (Å²) in [6.45, 7) is 3.17. The topological polar surface area (TPSA) is 107 Å². The molecule has 1 aliphatic heterocycles. The fourth-order valence-electron chi connectivity index (χ4n) is 3.33. The number of hydrogen-bond acceptors (Lipinski definition) is 5. The molecule has 2 aromatic rings. The first-order valence-electron chi connectivity index (χ1n) is 8.29. The van der Waals surface area contributed by atoms with Gasteiger partial charge in [-0.2, -0.15) is 0 Å². The van der Waals surface area contributed by atoms with Crippen molar-refractivity contribution in [2.45, 2.75) is 25.8 Å². The van der Waals surface area contributed by atoms with Gasteiger partial charge in [0.1, 0.15) is 5.69 Å². The van der Waals surface area contributed by atoms with E-state index in [2.05, 4.69) is 11.9 Å². The van der Waals surface area contributed by atoms with E-state index in [9.17, 15) is 14.9 Å². The number of nitro groups is 1. The molecule has 0 spiro atoms. The van der Waals surface area contributed by atoms with Crippen molar-refractivity contribution in [2.75, 3.05) is 13.1 Å². The number of hydrogen-bond donors (Lipinski definition) is 1. The molecule has 1 amide bonds.